The first kappa shape index (κ1) is 23.3. The van der Waals surface area contributed by atoms with Crippen molar-refractivity contribution in [1.82, 2.24) is 15.1 Å². The summed E-state index contributed by atoms with van der Waals surface area (Å²) in [6, 6.07) is 16.2. The summed E-state index contributed by atoms with van der Waals surface area (Å²) in [7, 11) is 0. The van der Waals surface area contributed by atoms with E-state index in [1.165, 1.54) is 11.1 Å². The Bertz CT molecular complexity index is 972. The second kappa shape index (κ2) is 10.8. The molecular formula is C26H34N4O3. The predicted octanol–water partition coefficient (Wildman–Crippen LogP) is 2.26. The largest absolute Gasteiger partial charge is 0.390 e. The zero-order chi connectivity index (χ0) is 23.2. The number of rotatable bonds is 7. The Hall–Kier alpha value is -2.90. The zero-order valence-corrected chi connectivity index (χ0v) is 19.3. The third kappa shape index (κ3) is 6.33. The molecule has 2 heterocycles. The number of anilines is 1. The second-order valence-electron chi connectivity index (χ2n) is 9.12. The van der Waals surface area contributed by atoms with Gasteiger partial charge in [-0.15, -0.1) is 0 Å². The maximum atomic E-state index is 12.7. The lowest BCUT2D eigenvalue weighted by molar-refractivity contribution is -0.129. The molecule has 0 aromatic heterocycles. The number of nitrogens with one attached hydrogen (secondary N) is 2. The Morgan fingerprint density at radius 3 is 2.58 bits per heavy atom. The number of fused-ring (bicyclic) bond motifs is 1. The summed E-state index contributed by atoms with van der Waals surface area (Å²) in [4.78, 5) is 28.3. The van der Waals surface area contributed by atoms with Crippen LogP contribution in [-0.4, -0.2) is 71.6 Å². The molecule has 2 aromatic rings. The SMILES string of the molecule is CC(=O)N1CCC(Nc2cccc(C(=O)NCC(O)CN3CCc4ccccc4C3)c2)CC1. The molecule has 2 aliphatic heterocycles. The first-order valence-corrected chi connectivity index (χ1v) is 11.9. The Morgan fingerprint density at radius 1 is 1.06 bits per heavy atom. The molecule has 0 radical (unpaired) electrons. The first-order chi connectivity index (χ1) is 16.0. The van der Waals surface area contributed by atoms with Crippen LogP contribution in [0.4, 0.5) is 5.69 Å². The molecular weight excluding hydrogens is 416 g/mol. The Morgan fingerprint density at radius 2 is 1.82 bits per heavy atom. The highest BCUT2D eigenvalue weighted by Crippen LogP contribution is 2.19. The quantitative estimate of drug-likeness (QED) is 0.603. The van der Waals surface area contributed by atoms with Crippen molar-refractivity contribution in [3.8, 4) is 0 Å². The van der Waals surface area contributed by atoms with E-state index in [9.17, 15) is 14.7 Å². The fourth-order valence-corrected chi connectivity index (χ4v) is 4.71. The topological polar surface area (TPSA) is 84.9 Å². The Kier molecular flexibility index (Phi) is 7.62. The highest BCUT2D eigenvalue weighted by molar-refractivity contribution is 5.95. The van der Waals surface area contributed by atoms with E-state index in [0.717, 1.165) is 51.1 Å². The molecule has 1 saturated heterocycles. The fraction of sp³-hybridized carbons (Fsp3) is 0.462. The van der Waals surface area contributed by atoms with Crippen molar-refractivity contribution < 1.29 is 14.7 Å². The van der Waals surface area contributed by atoms with Crippen LogP contribution < -0.4 is 10.6 Å². The molecule has 0 spiro atoms. The molecule has 7 heteroatoms. The Labute approximate surface area is 195 Å². The van der Waals surface area contributed by atoms with Crippen molar-refractivity contribution in [2.45, 2.75) is 44.9 Å². The molecule has 3 N–H and O–H groups in total. The van der Waals surface area contributed by atoms with Gasteiger partial charge < -0.3 is 20.6 Å². The molecule has 1 atom stereocenters. The van der Waals surface area contributed by atoms with E-state index in [0.29, 0.717) is 12.1 Å². The molecule has 33 heavy (non-hydrogen) atoms. The molecule has 4 rings (SSSR count). The lowest BCUT2D eigenvalue weighted by atomic mass is 10.00. The summed E-state index contributed by atoms with van der Waals surface area (Å²) >= 11 is 0. The molecule has 2 aliphatic rings. The van der Waals surface area contributed by atoms with Gasteiger partial charge in [0.15, 0.2) is 0 Å². The molecule has 1 fully saturated rings. The van der Waals surface area contributed by atoms with E-state index < -0.39 is 6.10 Å². The van der Waals surface area contributed by atoms with Crippen molar-refractivity contribution in [1.29, 1.82) is 0 Å². The molecule has 2 aromatic carbocycles. The second-order valence-corrected chi connectivity index (χ2v) is 9.12. The summed E-state index contributed by atoms with van der Waals surface area (Å²) in [6.45, 7) is 5.63. The number of likely N-dealkylation sites (tertiary alicyclic amines) is 1. The summed E-state index contributed by atoms with van der Waals surface area (Å²) < 4.78 is 0. The van der Waals surface area contributed by atoms with Gasteiger partial charge in [0.05, 0.1) is 6.10 Å². The van der Waals surface area contributed by atoms with Crippen LogP contribution in [0.3, 0.4) is 0 Å². The summed E-state index contributed by atoms with van der Waals surface area (Å²) in [6.07, 6.45) is 2.15. The zero-order valence-electron chi connectivity index (χ0n) is 19.3. The van der Waals surface area contributed by atoms with Gasteiger partial charge in [0.25, 0.3) is 5.91 Å². The van der Waals surface area contributed by atoms with Crippen molar-refractivity contribution in [2.75, 3.05) is 38.0 Å². The number of aliphatic hydroxyl groups is 1. The minimum Gasteiger partial charge on any atom is -0.390 e. The summed E-state index contributed by atoms with van der Waals surface area (Å²) in [5, 5.41) is 16.8. The van der Waals surface area contributed by atoms with Gasteiger partial charge in [0, 0.05) is 63.5 Å². The number of aliphatic hydroxyl groups excluding tert-OH is 1. The molecule has 176 valence electrons. The number of β-amino-alcohol motifs (C(OH)–C–C–N with tert-alkyl or cyclic N) is 1. The molecule has 2 amide bonds. The number of carbonyl (C=O) groups excluding carboxylic acids is 2. The maximum Gasteiger partial charge on any atom is 0.251 e. The molecule has 0 aliphatic carbocycles. The van der Waals surface area contributed by atoms with E-state index in [2.05, 4.69) is 39.8 Å². The normalized spacial score (nSPS) is 17.8. The van der Waals surface area contributed by atoms with Crippen molar-refractivity contribution in [3.05, 3.63) is 65.2 Å². The number of piperidine rings is 1. The van der Waals surface area contributed by atoms with E-state index in [-0.39, 0.29) is 24.4 Å². The lowest BCUT2D eigenvalue weighted by Crippen LogP contribution is -2.42. The predicted molar refractivity (Wildman–Crippen MR) is 129 cm³/mol. The minimum absolute atomic E-state index is 0.124. The van der Waals surface area contributed by atoms with Crippen LogP contribution >= 0.6 is 0 Å². The van der Waals surface area contributed by atoms with E-state index in [1.54, 1.807) is 13.0 Å². The fourth-order valence-electron chi connectivity index (χ4n) is 4.71. The highest BCUT2D eigenvalue weighted by Gasteiger charge is 2.21. The smallest absolute Gasteiger partial charge is 0.251 e. The Balaban J connectivity index is 1.23. The van der Waals surface area contributed by atoms with Gasteiger partial charge >= 0.3 is 0 Å². The first-order valence-electron chi connectivity index (χ1n) is 11.9. The van der Waals surface area contributed by atoms with Crippen molar-refractivity contribution >= 4 is 17.5 Å². The van der Waals surface area contributed by atoms with Crippen LogP contribution in [-0.2, 0) is 17.8 Å². The minimum atomic E-state index is -0.619. The number of nitrogens with zero attached hydrogens (tertiary/aromatic N) is 2. The molecule has 1 unspecified atom stereocenters. The van der Waals surface area contributed by atoms with Gasteiger partial charge in [-0.25, -0.2) is 0 Å². The van der Waals surface area contributed by atoms with Crippen LogP contribution in [0.1, 0.15) is 41.3 Å². The van der Waals surface area contributed by atoms with Crippen LogP contribution in [0, 0.1) is 0 Å². The lowest BCUT2D eigenvalue weighted by Gasteiger charge is -2.32. The van der Waals surface area contributed by atoms with Gasteiger partial charge in [0.1, 0.15) is 0 Å². The summed E-state index contributed by atoms with van der Waals surface area (Å²) in [5.74, 6) is -0.0625. The van der Waals surface area contributed by atoms with Crippen LogP contribution in [0.2, 0.25) is 0 Å². The third-order valence-corrected chi connectivity index (χ3v) is 6.61. The van der Waals surface area contributed by atoms with Crippen LogP contribution in [0.25, 0.3) is 0 Å². The standard InChI is InChI=1S/C26H34N4O3/c1-19(31)30-13-10-23(11-14-30)28-24-8-4-7-21(15-24)26(33)27-16-25(32)18-29-12-9-20-5-2-3-6-22(20)17-29/h2-8,15,23,25,28,32H,9-14,16-18H2,1H3,(H,27,33). The van der Waals surface area contributed by atoms with Gasteiger partial charge in [-0.05, 0) is 48.6 Å². The number of benzene rings is 2. The van der Waals surface area contributed by atoms with Crippen LogP contribution in [0.5, 0.6) is 0 Å². The maximum absolute atomic E-state index is 12.7. The third-order valence-electron chi connectivity index (χ3n) is 6.61. The van der Waals surface area contributed by atoms with Gasteiger partial charge in [-0.3, -0.25) is 14.5 Å². The summed E-state index contributed by atoms with van der Waals surface area (Å²) in [5.41, 5.74) is 4.17. The highest BCUT2D eigenvalue weighted by atomic mass is 16.3. The van der Waals surface area contributed by atoms with Crippen molar-refractivity contribution in [3.63, 3.8) is 0 Å². The molecule has 0 saturated carbocycles. The molecule has 7 nitrogen and oxygen atoms in total. The number of hydrogen-bond donors (Lipinski definition) is 3. The average molecular weight is 451 g/mol. The van der Waals surface area contributed by atoms with E-state index in [1.807, 2.05) is 23.1 Å². The van der Waals surface area contributed by atoms with Gasteiger partial charge in [-0.1, -0.05) is 30.3 Å². The van der Waals surface area contributed by atoms with Gasteiger partial charge in [-0.2, -0.15) is 0 Å². The number of hydrogen-bond acceptors (Lipinski definition) is 5. The monoisotopic (exact) mass is 450 g/mol. The molecule has 0 bridgehead atoms. The van der Waals surface area contributed by atoms with E-state index >= 15 is 0 Å². The van der Waals surface area contributed by atoms with Crippen molar-refractivity contribution in [2.24, 2.45) is 0 Å². The van der Waals surface area contributed by atoms with Crippen LogP contribution in [0.15, 0.2) is 48.5 Å². The number of amides is 2. The average Bonchev–Trinajstić information content (AvgIpc) is 2.83. The van der Waals surface area contributed by atoms with E-state index in [4.69, 9.17) is 0 Å². The van der Waals surface area contributed by atoms with Gasteiger partial charge in [0.2, 0.25) is 5.91 Å². The number of carbonyl (C=O) groups is 2.